The summed E-state index contributed by atoms with van der Waals surface area (Å²) in [5.41, 5.74) is 0.360. The van der Waals surface area contributed by atoms with E-state index in [9.17, 15) is 26.7 Å². The van der Waals surface area contributed by atoms with Crippen LogP contribution in [0.3, 0.4) is 0 Å². The number of hydrogen-bond donors (Lipinski definition) is 1. The van der Waals surface area contributed by atoms with Crippen LogP contribution in [0.15, 0.2) is 30.7 Å². The van der Waals surface area contributed by atoms with E-state index in [1.807, 2.05) is 4.90 Å². The van der Waals surface area contributed by atoms with Gasteiger partial charge in [0.2, 0.25) is 5.88 Å². The van der Waals surface area contributed by atoms with Crippen LogP contribution in [-0.4, -0.2) is 62.3 Å². The highest BCUT2D eigenvalue weighted by atomic mass is 32.1. The van der Waals surface area contributed by atoms with E-state index in [0.717, 1.165) is 17.7 Å². The van der Waals surface area contributed by atoms with E-state index in [4.69, 9.17) is 4.74 Å². The van der Waals surface area contributed by atoms with Crippen LogP contribution < -0.4 is 10.1 Å². The molecule has 0 unspecified atom stereocenters. The summed E-state index contributed by atoms with van der Waals surface area (Å²) >= 11 is 1.06. The molecular formula is C23H23F5N6O2S. The highest BCUT2D eigenvalue weighted by molar-refractivity contribution is 7.06. The number of amides is 1. The Morgan fingerprint density at radius 3 is 2.51 bits per heavy atom. The number of carbonyl (C=O) groups is 1. The lowest BCUT2D eigenvalue weighted by Gasteiger charge is -2.31. The Bertz CT molecular complexity index is 1210. The molecule has 0 bridgehead atoms. The second-order valence-corrected chi connectivity index (χ2v) is 9.38. The van der Waals surface area contributed by atoms with E-state index in [1.54, 1.807) is 19.1 Å². The molecule has 0 aromatic carbocycles. The lowest BCUT2D eigenvalue weighted by atomic mass is 10.1. The van der Waals surface area contributed by atoms with E-state index in [2.05, 4.69) is 24.6 Å². The maximum Gasteiger partial charge on any atom is 0.434 e. The zero-order valence-electron chi connectivity index (χ0n) is 19.7. The Morgan fingerprint density at radius 1 is 1.14 bits per heavy atom. The van der Waals surface area contributed by atoms with Crippen LogP contribution >= 0.6 is 11.5 Å². The molecule has 1 aliphatic rings. The molecule has 3 aromatic rings. The average Bonchev–Trinajstić information content (AvgIpc) is 3.21. The minimum Gasteiger partial charge on any atom is -0.476 e. The molecule has 3 aromatic heterocycles. The first-order valence-electron chi connectivity index (χ1n) is 11.3. The molecule has 1 N–H and O–H groups in total. The van der Waals surface area contributed by atoms with Crippen molar-refractivity contribution in [2.24, 2.45) is 0 Å². The number of anilines is 1. The molecule has 1 aliphatic heterocycles. The predicted molar refractivity (Wildman–Crippen MR) is 125 cm³/mol. The molecule has 4 heterocycles. The maximum absolute atomic E-state index is 13.2. The average molecular weight is 543 g/mol. The number of likely N-dealkylation sites (tertiary alicyclic amines) is 1. The van der Waals surface area contributed by atoms with Crippen LogP contribution in [-0.2, 0) is 12.6 Å². The van der Waals surface area contributed by atoms with Crippen LogP contribution in [0.25, 0.3) is 0 Å². The lowest BCUT2D eigenvalue weighted by Crippen LogP contribution is -2.41. The summed E-state index contributed by atoms with van der Waals surface area (Å²) in [5.74, 6) is -2.71. The van der Waals surface area contributed by atoms with Crippen molar-refractivity contribution >= 4 is 23.1 Å². The Labute approximate surface area is 213 Å². The van der Waals surface area contributed by atoms with Gasteiger partial charge >= 0.3 is 6.18 Å². The minimum absolute atomic E-state index is 0.0963. The summed E-state index contributed by atoms with van der Waals surface area (Å²) in [5, 5.41) is 2.73. The number of halogens is 5. The molecule has 1 fully saturated rings. The lowest BCUT2D eigenvalue weighted by molar-refractivity contribution is -0.141. The first-order chi connectivity index (χ1) is 17.5. The number of nitrogens with one attached hydrogen (secondary N) is 1. The van der Waals surface area contributed by atoms with Gasteiger partial charge in [-0.3, -0.25) is 14.7 Å². The van der Waals surface area contributed by atoms with Gasteiger partial charge in [0.25, 0.3) is 11.8 Å². The summed E-state index contributed by atoms with van der Waals surface area (Å²) in [6, 6.07) is 3.19. The fourth-order valence-electron chi connectivity index (χ4n) is 3.70. The molecule has 198 valence electrons. The Hall–Kier alpha value is -3.26. The predicted octanol–water partition coefficient (Wildman–Crippen LogP) is 4.61. The Morgan fingerprint density at radius 2 is 1.89 bits per heavy atom. The first kappa shape index (κ1) is 26.8. The molecule has 37 heavy (non-hydrogen) atoms. The number of rotatable bonds is 8. The largest absolute Gasteiger partial charge is 0.476 e. The standard InChI is InChI=1S/C23H23F5N6O2S/c1-14-20(17(37-33-14)10-16-12-30-18(13-29-16)23(26,27)28)21(35)32-15-2-3-19(31-11-15)36-9-8-34-6-4-22(24,25)5-7-34/h2-3,11-13H,4-10H2,1H3,(H,32,35). The number of hydrogen-bond acceptors (Lipinski definition) is 8. The molecule has 1 saturated heterocycles. The normalized spacial score (nSPS) is 15.9. The summed E-state index contributed by atoms with van der Waals surface area (Å²) in [6.45, 7) is 3.09. The maximum atomic E-state index is 13.2. The van der Waals surface area contributed by atoms with Crippen molar-refractivity contribution in [2.75, 3.05) is 31.6 Å². The van der Waals surface area contributed by atoms with E-state index < -0.39 is 23.7 Å². The Kier molecular flexibility index (Phi) is 7.97. The highest BCUT2D eigenvalue weighted by Gasteiger charge is 2.34. The zero-order valence-corrected chi connectivity index (χ0v) is 20.5. The van der Waals surface area contributed by atoms with Crippen molar-refractivity contribution in [3.8, 4) is 5.88 Å². The molecule has 0 atom stereocenters. The minimum atomic E-state index is -4.58. The topological polar surface area (TPSA) is 93.1 Å². The molecule has 14 heteroatoms. The fourth-order valence-corrected chi connectivity index (χ4v) is 4.58. The van der Waals surface area contributed by atoms with Gasteiger partial charge in [-0.1, -0.05) is 0 Å². The molecule has 1 amide bonds. The summed E-state index contributed by atoms with van der Waals surface area (Å²) < 4.78 is 74.4. The monoisotopic (exact) mass is 542 g/mol. The molecule has 0 saturated carbocycles. The van der Waals surface area contributed by atoms with E-state index in [0.29, 0.717) is 60.1 Å². The van der Waals surface area contributed by atoms with Crippen molar-refractivity contribution in [1.82, 2.24) is 24.2 Å². The Balaban J connectivity index is 1.31. The number of carbonyl (C=O) groups excluding carboxylic acids is 1. The third kappa shape index (κ3) is 7.16. The highest BCUT2D eigenvalue weighted by Crippen LogP contribution is 2.28. The second-order valence-electron chi connectivity index (χ2n) is 8.52. The van der Waals surface area contributed by atoms with Crippen molar-refractivity contribution in [1.29, 1.82) is 0 Å². The number of pyridine rings is 1. The van der Waals surface area contributed by atoms with Crippen molar-refractivity contribution in [3.63, 3.8) is 0 Å². The summed E-state index contributed by atoms with van der Waals surface area (Å²) in [4.78, 5) is 26.7. The van der Waals surface area contributed by atoms with Gasteiger partial charge in [0, 0.05) is 56.0 Å². The van der Waals surface area contributed by atoms with E-state index in [-0.39, 0.29) is 25.0 Å². The molecule has 0 spiro atoms. The van der Waals surface area contributed by atoms with Crippen LogP contribution in [0.2, 0.25) is 0 Å². The van der Waals surface area contributed by atoms with Crippen LogP contribution in [0.4, 0.5) is 27.6 Å². The molecule has 0 aliphatic carbocycles. The summed E-state index contributed by atoms with van der Waals surface area (Å²) in [6.07, 6.45) is -1.69. The zero-order chi connectivity index (χ0) is 26.6. The van der Waals surface area contributed by atoms with E-state index in [1.165, 1.54) is 6.20 Å². The molecule has 8 nitrogen and oxygen atoms in total. The third-order valence-electron chi connectivity index (χ3n) is 5.74. The van der Waals surface area contributed by atoms with Gasteiger partial charge in [-0.2, -0.15) is 17.5 Å². The van der Waals surface area contributed by atoms with Gasteiger partial charge in [-0.05, 0) is 24.5 Å². The van der Waals surface area contributed by atoms with Gasteiger partial charge in [0.1, 0.15) is 6.61 Å². The van der Waals surface area contributed by atoms with Gasteiger partial charge < -0.3 is 10.1 Å². The van der Waals surface area contributed by atoms with Crippen LogP contribution in [0.5, 0.6) is 5.88 Å². The van der Waals surface area contributed by atoms with Crippen molar-refractivity contribution < 1.29 is 31.5 Å². The molecule has 0 radical (unpaired) electrons. The first-order valence-corrected chi connectivity index (χ1v) is 12.1. The van der Waals surface area contributed by atoms with Gasteiger partial charge in [0.15, 0.2) is 5.69 Å². The van der Waals surface area contributed by atoms with Crippen LogP contribution in [0, 0.1) is 6.92 Å². The van der Waals surface area contributed by atoms with Crippen molar-refractivity contribution in [3.05, 3.63) is 58.2 Å². The smallest absolute Gasteiger partial charge is 0.434 e. The van der Waals surface area contributed by atoms with Crippen molar-refractivity contribution in [2.45, 2.75) is 38.3 Å². The number of nitrogens with zero attached hydrogens (tertiary/aromatic N) is 5. The van der Waals surface area contributed by atoms with Crippen LogP contribution in [0.1, 0.15) is 45.2 Å². The van der Waals surface area contributed by atoms with Gasteiger partial charge in [0.05, 0.1) is 35.0 Å². The number of ether oxygens (including phenoxy) is 1. The quantitative estimate of drug-likeness (QED) is 0.416. The summed E-state index contributed by atoms with van der Waals surface area (Å²) in [7, 11) is 0. The van der Waals surface area contributed by atoms with Gasteiger partial charge in [-0.25, -0.2) is 18.7 Å². The van der Waals surface area contributed by atoms with Gasteiger partial charge in [-0.15, -0.1) is 0 Å². The molecular weight excluding hydrogens is 519 g/mol. The van der Waals surface area contributed by atoms with E-state index >= 15 is 0 Å². The number of aryl methyl sites for hydroxylation is 1. The second kappa shape index (κ2) is 11.0. The molecule has 4 rings (SSSR count). The number of alkyl halides is 5. The number of piperidine rings is 1. The SMILES string of the molecule is Cc1nsc(Cc2cnc(C(F)(F)F)cn2)c1C(=O)Nc1ccc(OCCN2CCC(F)(F)CC2)nc1. The third-order valence-corrected chi connectivity index (χ3v) is 6.67. The fraction of sp³-hybridized carbons (Fsp3) is 0.435. The number of aromatic nitrogens is 4.